The van der Waals surface area contributed by atoms with Gasteiger partial charge in [-0.05, 0) is 72.5 Å². The van der Waals surface area contributed by atoms with Crippen LogP contribution in [0.2, 0.25) is 0 Å². The van der Waals surface area contributed by atoms with Crippen LogP contribution in [0.5, 0.6) is 0 Å². The van der Waals surface area contributed by atoms with Crippen LogP contribution in [0.4, 0.5) is 5.69 Å². The number of rotatable bonds is 3. The highest BCUT2D eigenvalue weighted by molar-refractivity contribution is 5.66. The highest BCUT2D eigenvalue weighted by Gasteiger charge is 2.52. The standard InChI is InChI=1S/C17H19N5O2/c23-22(24)13-1-2-15(14(6-13)16-18-20-21-19-16)17-7-10-3-11(8-17)5-12(4-10)9-17/h1-2,6,10-12H,3-5,7-9H2,(H,18,19,20,21). The second-order valence-electron chi connectivity index (χ2n) is 7.92. The number of non-ortho nitro benzene ring substituents is 1. The molecule has 1 aromatic carbocycles. The molecule has 4 aliphatic carbocycles. The van der Waals surface area contributed by atoms with Crippen LogP contribution < -0.4 is 0 Å². The summed E-state index contributed by atoms with van der Waals surface area (Å²) in [5.41, 5.74) is 2.19. The van der Waals surface area contributed by atoms with E-state index in [0.29, 0.717) is 5.82 Å². The second kappa shape index (κ2) is 4.84. The van der Waals surface area contributed by atoms with E-state index in [0.717, 1.165) is 23.3 Å². The summed E-state index contributed by atoms with van der Waals surface area (Å²) in [6.07, 6.45) is 7.68. The van der Waals surface area contributed by atoms with E-state index in [1.54, 1.807) is 12.1 Å². The maximum absolute atomic E-state index is 11.2. The van der Waals surface area contributed by atoms with Crippen LogP contribution in [0.3, 0.4) is 0 Å². The molecule has 2 aromatic rings. The van der Waals surface area contributed by atoms with E-state index in [1.165, 1.54) is 44.1 Å². The maximum atomic E-state index is 11.2. The van der Waals surface area contributed by atoms with Crippen LogP contribution in [0.25, 0.3) is 11.4 Å². The van der Waals surface area contributed by atoms with E-state index in [2.05, 4.69) is 20.6 Å². The quantitative estimate of drug-likeness (QED) is 0.690. The Morgan fingerprint density at radius 3 is 2.33 bits per heavy atom. The molecule has 7 nitrogen and oxygen atoms in total. The Morgan fingerprint density at radius 2 is 1.79 bits per heavy atom. The molecule has 4 bridgehead atoms. The first-order valence-corrected chi connectivity index (χ1v) is 8.66. The van der Waals surface area contributed by atoms with Crippen molar-refractivity contribution in [3.63, 3.8) is 0 Å². The number of nitrogens with one attached hydrogen (secondary N) is 1. The summed E-state index contributed by atoms with van der Waals surface area (Å²) in [6.45, 7) is 0. The summed E-state index contributed by atoms with van der Waals surface area (Å²) >= 11 is 0. The molecule has 6 rings (SSSR count). The normalized spacial score (nSPS) is 33.8. The van der Waals surface area contributed by atoms with Crippen LogP contribution in [0.1, 0.15) is 44.1 Å². The summed E-state index contributed by atoms with van der Waals surface area (Å²) < 4.78 is 0. The molecule has 0 unspecified atom stereocenters. The molecule has 0 saturated heterocycles. The molecule has 0 amide bonds. The van der Waals surface area contributed by atoms with E-state index in [4.69, 9.17) is 0 Å². The van der Waals surface area contributed by atoms with Crippen LogP contribution in [-0.2, 0) is 5.41 Å². The zero-order valence-corrected chi connectivity index (χ0v) is 13.3. The number of hydrogen-bond acceptors (Lipinski definition) is 5. The van der Waals surface area contributed by atoms with Gasteiger partial charge in [-0.2, -0.15) is 5.21 Å². The smallest absolute Gasteiger partial charge is 0.258 e. The van der Waals surface area contributed by atoms with Gasteiger partial charge in [0.2, 0.25) is 5.82 Å². The van der Waals surface area contributed by atoms with E-state index >= 15 is 0 Å². The molecule has 1 N–H and O–H groups in total. The van der Waals surface area contributed by atoms with Crippen LogP contribution in [0.15, 0.2) is 18.2 Å². The first-order valence-electron chi connectivity index (χ1n) is 8.66. The van der Waals surface area contributed by atoms with Crippen molar-refractivity contribution in [3.8, 4) is 11.4 Å². The Balaban J connectivity index is 1.67. The molecule has 0 atom stereocenters. The Kier molecular flexibility index (Phi) is 2.84. The molecular formula is C17H19N5O2. The Labute approximate surface area is 139 Å². The fourth-order valence-corrected chi connectivity index (χ4v) is 6.01. The van der Waals surface area contributed by atoms with Gasteiger partial charge in [0.15, 0.2) is 0 Å². The summed E-state index contributed by atoms with van der Waals surface area (Å²) in [7, 11) is 0. The molecular weight excluding hydrogens is 306 g/mol. The number of nitrogens with zero attached hydrogens (tertiary/aromatic N) is 4. The van der Waals surface area contributed by atoms with Gasteiger partial charge < -0.3 is 0 Å². The highest BCUT2D eigenvalue weighted by Crippen LogP contribution is 2.61. The first kappa shape index (κ1) is 14.1. The van der Waals surface area contributed by atoms with Gasteiger partial charge in [-0.15, -0.1) is 10.2 Å². The summed E-state index contributed by atoms with van der Waals surface area (Å²) in [5.74, 6) is 2.89. The van der Waals surface area contributed by atoms with Gasteiger partial charge in [-0.1, -0.05) is 6.07 Å². The predicted octanol–water partition coefficient (Wildman–Crippen LogP) is 3.24. The molecule has 24 heavy (non-hydrogen) atoms. The number of H-pyrrole nitrogens is 1. The number of aromatic amines is 1. The largest absolute Gasteiger partial charge is 0.270 e. The zero-order valence-electron chi connectivity index (χ0n) is 13.3. The number of hydrogen-bond donors (Lipinski definition) is 1. The van der Waals surface area contributed by atoms with Crippen molar-refractivity contribution in [3.05, 3.63) is 33.9 Å². The third kappa shape index (κ3) is 2.00. The fraction of sp³-hybridized carbons (Fsp3) is 0.588. The van der Waals surface area contributed by atoms with Crippen molar-refractivity contribution >= 4 is 5.69 Å². The van der Waals surface area contributed by atoms with Gasteiger partial charge in [0.05, 0.1) is 4.92 Å². The molecule has 7 heteroatoms. The van der Waals surface area contributed by atoms with Crippen LogP contribution >= 0.6 is 0 Å². The average molecular weight is 325 g/mol. The highest BCUT2D eigenvalue weighted by atomic mass is 16.6. The predicted molar refractivity (Wildman–Crippen MR) is 86.1 cm³/mol. The Morgan fingerprint density at radius 1 is 1.12 bits per heavy atom. The lowest BCUT2D eigenvalue weighted by Crippen LogP contribution is -2.48. The lowest BCUT2D eigenvalue weighted by atomic mass is 9.47. The minimum absolute atomic E-state index is 0.0864. The number of nitro benzene ring substituents is 1. The van der Waals surface area contributed by atoms with Gasteiger partial charge in [0, 0.05) is 17.7 Å². The van der Waals surface area contributed by atoms with Gasteiger partial charge >= 0.3 is 0 Å². The Hall–Kier alpha value is -2.31. The lowest BCUT2D eigenvalue weighted by Gasteiger charge is -2.57. The maximum Gasteiger partial charge on any atom is 0.270 e. The minimum atomic E-state index is -0.354. The van der Waals surface area contributed by atoms with Crippen molar-refractivity contribution in [2.75, 3.05) is 0 Å². The minimum Gasteiger partial charge on any atom is -0.258 e. The SMILES string of the molecule is O=[N+]([O-])c1ccc(C23CC4CC(CC(C4)C2)C3)c(-c2nn[nH]n2)c1. The van der Waals surface area contributed by atoms with Crippen molar-refractivity contribution in [2.24, 2.45) is 17.8 Å². The van der Waals surface area contributed by atoms with Gasteiger partial charge in [0.1, 0.15) is 0 Å². The monoisotopic (exact) mass is 325 g/mol. The molecule has 4 aliphatic rings. The molecule has 4 fully saturated rings. The van der Waals surface area contributed by atoms with Gasteiger partial charge in [-0.3, -0.25) is 10.1 Å². The third-order valence-corrected chi connectivity index (χ3v) is 6.41. The summed E-state index contributed by atoms with van der Waals surface area (Å²) in [6, 6.07) is 5.22. The summed E-state index contributed by atoms with van der Waals surface area (Å²) in [5, 5.41) is 25.6. The van der Waals surface area contributed by atoms with E-state index < -0.39 is 0 Å². The Bertz CT molecular complexity index is 766. The molecule has 124 valence electrons. The average Bonchev–Trinajstić information content (AvgIpc) is 3.07. The fourth-order valence-electron chi connectivity index (χ4n) is 6.01. The van der Waals surface area contributed by atoms with Crippen molar-refractivity contribution in [1.29, 1.82) is 0 Å². The lowest BCUT2D eigenvalue weighted by molar-refractivity contribution is -0.384. The molecule has 1 aromatic heterocycles. The third-order valence-electron chi connectivity index (χ3n) is 6.41. The number of tetrazole rings is 1. The summed E-state index contributed by atoms with van der Waals surface area (Å²) in [4.78, 5) is 10.9. The van der Waals surface area contributed by atoms with E-state index in [-0.39, 0.29) is 16.0 Å². The zero-order chi connectivity index (χ0) is 16.3. The van der Waals surface area contributed by atoms with E-state index in [1.807, 2.05) is 6.07 Å². The molecule has 0 radical (unpaired) electrons. The number of nitro groups is 1. The second-order valence-corrected chi connectivity index (χ2v) is 7.92. The number of benzene rings is 1. The van der Waals surface area contributed by atoms with Crippen molar-refractivity contribution in [2.45, 2.75) is 43.9 Å². The molecule has 0 aliphatic heterocycles. The molecule has 1 heterocycles. The van der Waals surface area contributed by atoms with Crippen molar-refractivity contribution in [1.82, 2.24) is 20.6 Å². The molecule has 4 saturated carbocycles. The number of aromatic nitrogens is 4. The van der Waals surface area contributed by atoms with Gasteiger partial charge in [-0.25, -0.2) is 0 Å². The first-order chi connectivity index (χ1) is 11.6. The van der Waals surface area contributed by atoms with Crippen LogP contribution in [0, 0.1) is 27.9 Å². The van der Waals surface area contributed by atoms with Crippen LogP contribution in [-0.4, -0.2) is 25.5 Å². The molecule has 0 spiro atoms. The topological polar surface area (TPSA) is 97.6 Å². The van der Waals surface area contributed by atoms with E-state index in [9.17, 15) is 10.1 Å². The van der Waals surface area contributed by atoms with Gasteiger partial charge in [0.25, 0.3) is 5.69 Å². The van der Waals surface area contributed by atoms with Crippen molar-refractivity contribution < 1.29 is 4.92 Å².